The van der Waals surface area contributed by atoms with Crippen LogP contribution in [0.25, 0.3) is 0 Å². The predicted octanol–water partition coefficient (Wildman–Crippen LogP) is -0.475. The standard InChI is InChI=1S/C8H19N3O2S/c1-3-4-10-14(12,13)11-6-5-9-7-8(11)2/h8-10H,3-7H2,1-2H3/t8-/m0/s1. The quantitative estimate of drug-likeness (QED) is 0.674. The second kappa shape index (κ2) is 5.06. The molecule has 5 nitrogen and oxygen atoms in total. The SMILES string of the molecule is CCCNS(=O)(=O)N1CCNC[C@@H]1C. The number of hydrogen-bond acceptors (Lipinski definition) is 3. The molecule has 0 amide bonds. The van der Waals surface area contributed by atoms with Gasteiger partial charge in [-0.05, 0) is 13.3 Å². The van der Waals surface area contributed by atoms with Gasteiger partial charge in [0.15, 0.2) is 0 Å². The molecule has 1 atom stereocenters. The van der Waals surface area contributed by atoms with E-state index in [1.807, 2.05) is 13.8 Å². The van der Waals surface area contributed by atoms with Crippen LogP contribution in [0.1, 0.15) is 20.3 Å². The lowest BCUT2D eigenvalue weighted by Crippen LogP contribution is -2.55. The van der Waals surface area contributed by atoms with Crippen molar-refractivity contribution in [1.82, 2.24) is 14.3 Å². The van der Waals surface area contributed by atoms with Gasteiger partial charge in [0.25, 0.3) is 10.2 Å². The van der Waals surface area contributed by atoms with E-state index in [4.69, 9.17) is 0 Å². The van der Waals surface area contributed by atoms with Gasteiger partial charge >= 0.3 is 0 Å². The highest BCUT2D eigenvalue weighted by Gasteiger charge is 2.28. The molecule has 0 radical (unpaired) electrons. The molecule has 0 aromatic heterocycles. The van der Waals surface area contributed by atoms with Crippen molar-refractivity contribution in [3.63, 3.8) is 0 Å². The lowest BCUT2D eigenvalue weighted by Gasteiger charge is -2.32. The van der Waals surface area contributed by atoms with E-state index >= 15 is 0 Å². The fraction of sp³-hybridized carbons (Fsp3) is 1.00. The first kappa shape index (κ1) is 11.9. The molecule has 1 aliphatic rings. The molecule has 1 fully saturated rings. The van der Waals surface area contributed by atoms with Gasteiger partial charge in [0.05, 0.1) is 0 Å². The van der Waals surface area contributed by atoms with Gasteiger partial charge in [0.1, 0.15) is 0 Å². The van der Waals surface area contributed by atoms with E-state index < -0.39 is 10.2 Å². The molecule has 1 heterocycles. The lowest BCUT2D eigenvalue weighted by atomic mass is 10.3. The van der Waals surface area contributed by atoms with Gasteiger partial charge in [0, 0.05) is 32.2 Å². The van der Waals surface area contributed by atoms with Crippen LogP contribution < -0.4 is 10.0 Å². The Morgan fingerprint density at radius 1 is 1.57 bits per heavy atom. The molecule has 0 unspecified atom stereocenters. The molecule has 0 aromatic carbocycles. The Balaban J connectivity index is 2.60. The molecule has 0 bridgehead atoms. The van der Waals surface area contributed by atoms with E-state index in [-0.39, 0.29) is 6.04 Å². The minimum absolute atomic E-state index is 0.0399. The highest BCUT2D eigenvalue weighted by molar-refractivity contribution is 7.87. The number of nitrogens with zero attached hydrogens (tertiary/aromatic N) is 1. The smallest absolute Gasteiger partial charge is 0.279 e. The molecule has 14 heavy (non-hydrogen) atoms. The summed E-state index contributed by atoms with van der Waals surface area (Å²) in [4.78, 5) is 0. The Kier molecular flexibility index (Phi) is 4.31. The maximum atomic E-state index is 11.7. The van der Waals surface area contributed by atoms with Crippen LogP contribution in [-0.2, 0) is 10.2 Å². The molecule has 84 valence electrons. The van der Waals surface area contributed by atoms with Crippen LogP contribution >= 0.6 is 0 Å². The van der Waals surface area contributed by atoms with E-state index in [2.05, 4.69) is 10.0 Å². The fourth-order valence-electron chi connectivity index (χ4n) is 1.49. The summed E-state index contributed by atoms with van der Waals surface area (Å²) in [7, 11) is -3.25. The van der Waals surface area contributed by atoms with Crippen LogP contribution in [-0.4, -0.2) is 44.9 Å². The second-order valence-electron chi connectivity index (χ2n) is 3.56. The van der Waals surface area contributed by atoms with Crippen molar-refractivity contribution in [3.8, 4) is 0 Å². The maximum absolute atomic E-state index is 11.7. The zero-order chi connectivity index (χ0) is 10.6. The first-order valence-electron chi connectivity index (χ1n) is 5.05. The van der Waals surface area contributed by atoms with Crippen LogP contribution in [0.3, 0.4) is 0 Å². The summed E-state index contributed by atoms with van der Waals surface area (Å²) >= 11 is 0. The molecule has 2 N–H and O–H groups in total. The molecule has 1 rings (SSSR count). The third-order valence-corrected chi connectivity index (χ3v) is 4.01. The maximum Gasteiger partial charge on any atom is 0.279 e. The van der Waals surface area contributed by atoms with E-state index in [0.717, 1.165) is 19.5 Å². The Morgan fingerprint density at radius 3 is 2.86 bits per heavy atom. The van der Waals surface area contributed by atoms with Gasteiger partial charge in [0.2, 0.25) is 0 Å². The summed E-state index contributed by atoms with van der Waals surface area (Å²) in [6.07, 6.45) is 0.819. The van der Waals surface area contributed by atoms with Crippen molar-refractivity contribution in [2.24, 2.45) is 0 Å². The zero-order valence-electron chi connectivity index (χ0n) is 8.78. The molecule has 0 aliphatic carbocycles. The Labute approximate surface area is 86.0 Å². The highest BCUT2D eigenvalue weighted by Crippen LogP contribution is 2.07. The van der Waals surface area contributed by atoms with Crippen molar-refractivity contribution in [2.45, 2.75) is 26.3 Å². The lowest BCUT2D eigenvalue weighted by molar-refractivity contribution is 0.280. The Morgan fingerprint density at radius 2 is 2.29 bits per heavy atom. The van der Waals surface area contributed by atoms with Gasteiger partial charge in [-0.3, -0.25) is 0 Å². The number of rotatable bonds is 4. The van der Waals surface area contributed by atoms with Crippen molar-refractivity contribution >= 4 is 10.2 Å². The summed E-state index contributed by atoms with van der Waals surface area (Å²) in [6, 6.07) is 0.0399. The van der Waals surface area contributed by atoms with Crippen LogP contribution in [0.2, 0.25) is 0 Å². The highest BCUT2D eigenvalue weighted by atomic mass is 32.2. The Hall–Kier alpha value is -0.170. The molecule has 0 spiro atoms. The van der Waals surface area contributed by atoms with Crippen molar-refractivity contribution in [2.75, 3.05) is 26.2 Å². The van der Waals surface area contributed by atoms with Gasteiger partial charge < -0.3 is 5.32 Å². The first-order valence-corrected chi connectivity index (χ1v) is 6.49. The van der Waals surface area contributed by atoms with Crippen LogP contribution in [0.15, 0.2) is 0 Å². The summed E-state index contributed by atoms with van der Waals surface area (Å²) < 4.78 is 27.6. The van der Waals surface area contributed by atoms with Crippen molar-refractivity contribution in [1.29, 1.82) is 0 Å². The summed E-state index contributed by atoms with van der Waals surface area (Å²) in [5, 5.41) is 3.16. The van der Waals surface area contributed by atoms with Gasteiger partial charge in [-0.25, -0.2) is 4.72 Å². The normalized spacial score (nSPS) is 25.1. The number of hydrogen-bond donors (Lipinski definition) is 2. The topological polar surface area (TPSA) is 61.4 Å². The van der Waals surface area contributed by atoms with Crippen LogP contribution in [0, 0.1) is 0 Å². The predicted molar refractivity (Wildman–Crippen MR) is 56.3 cm³/mol. The molecular formula is C8H19N3O2S. The van der Waals surface area contributed by atoms with Crippen molar-refractivity contribution in [3.05, 3.63) is 0 Å². The van der Waals surface area contributed by atoms with Crippen LogP contribution in [0.4, 0.5) is 0 Å². The van der Waals surface area contributed by atoms with Gasteiger partial charge in [-0.2, -0.15) is 12.7 Å². The van der Waals surface area contributed by atoms with Gasteiger partial charge in [-0.1, -0.05) is 6.92 Å². The molecule has 1 saturated heterocycles. The monoisotopic (exact) mass is 221 g/mol. The average molecular weight is 221 g/mol. The number of nitrogens with one attached hydrogen (secondary N) is 2. The van der Waals surface area contributed by atoms with E-state index in [0.29, 0.717) is 13.1 Å². The molecule has 1 aliphatic heterocycles. The number of piperazine rings is 1. The molecular weight excluding hydrogens is 202 g/mol. The van der Waals surface area contributed by atoms with Crippen LogP contribution in [0.5, 0.6) is 0 Å². The molecule has 6 heteroatoms. The minimum Gasteiger partial charge on any atom is -0.314 e. The third kappa shape index (κ3) is 2.91. The molecule has 0 aromatic rings. The van der Waals surface area contributed by atoms with Crippen molar-refractivity contribution < 1.29 is 8.42 Å². The fourth-order valence-corrected chi connectivity index (χ4v) is 3.00. The van der Waals surface area contributed by atoms with E-state index in [9.17, 15) is 8.42 Å². The third-order valence-electron chi connectivity index (χ3n) is 2.28. The molecule has 0 saturated carbocycles. The first-order chi connectivity index (χ1) is 6.58. The average Bonchev–Trinajstić information content (AvgIpc) is 2.15. The summed E-state index contributed by atoms with van der Waals surface area (Å²) in [5.41, 5.74) is 0. The van der Waals surface area contributed by atoms with Gasteiger partial charge in [-0.15, -0.1) is 0 Å². The Bertz CT molecular complexity index is 266. The minimum atomic E-state index is -3.25. The zero-order valence-corrected chi connectivity index (χ0v) is 9.60. The van der Waals surface area contributed by atoms with E-state index in [1.54, 1.807) is 0 Å². The second-order valence-corrected chi connectivity index (χ2v) is 5.27. The summed E-state index contributed by atoms with van der Waals surface area (Å²) in [5.74, 6) is 0. The summed E-state index contributed by atoms with van der Waals surface area (Å²) in [6.45, 7) is 6.39. The largest absolute Gasteiger partial charge is 0.314 e. The van der Waals surface area contributed by atoms with E-state index in [1.165, 1.54) is 4.31 Å².